The number of carbonyl (C=O) groups excluding carboxylic acids is 3. The summed E-state index contributed by atoms with van der Waals surface area (Å²) in [7, 11) is 0. The van der Waals surface area contributed by atoms with E-state index in [0.29, 0.717) is 18.4 Å². The first-order valence-electron chi connectivity index (χ1n) is 18.6. The SMILES string of the molecule is C/C(=C\C(=O)OCCCCCCCCC(=O)O)C[C@@H]1OC[C@H](CC(SCC(NC(=O)CCC(N)C(=O)O)C(=O)NCC(=O)O)[C@@H](O)[C@@H](C)[C@H](C)O)[C@@H](O)[C@H]1O. The second-order valence-corrected chi connectivity index (χ2v) is 15.4. The highest BCUT2D eigenvalue weighted by atomic mass is 32.2. The van der Waals surface area contributed by atoms with Crippen LogP contribution >= 0.6 is 11.8 Å². The zero-order valence-corrected chi connectivity index (χ0v) is 32.7. The molecule has 0 aromatic rings. The largest absolute Gasteiger partial charge is 0.481 e. The van der Waals surface area contributed by atoms with Crippen molar-refractivity contribution in [1.29, 1.82) is 0 Å². The van der Waals surface area contributed by atoms with Crippen molar-refractivity contribution in [2.75, 3.05) is 25.5 Å². The minimum Gasteiger partial charge on any atom is -0.481 e. The summed E-state index contributed by atoms with van der Waals surface area (Å²) < 4.78 is 11.2. The molecule has 1 aliphatic heterocycles. The van der Waals surface area contributed by atoms with E-state index in [1.54, 1.807) is 13.8 Å². The normalized spacial score (nSPS) is 22.0. The third-order valence-electron chi connectivity index (χ3n) is 9.41. The van der Waals surface area contributed by atoms with Gasteiger partial charge >= 0.3 is 23.9 Å². The Labute approximate surface area is 325 Å². The van der Waals surface area contributed by atoms with Gasteiger partial charge in [0.2, 0.25) is 11.8 Å². The summed E-state index contributed by atoms with van der Waals surface area (Å²) >= 11 is 1.02. The molecule has 1 aliphatic rings. The molecule has 11 N–H and O–H groups in total. The van der Waals surface area contributed by atoms with Gasteiger partial charge in [0.1, 0.15) is 24.7 Å². The number of carbonyl (C=O) groups is 6. The summed E-state index contributed by atoms with van der Waals surface area (Å²) in [5, 5.41) is 74.2. The molecule has 1 rings (SSSR count). The molecule has 55 heavy (non-hydrogen) atoms. The zero-order chi connectivity index (χ0) is 41.7. The monoisotopic (exact) mass is 807 g/mol. The number of aliphatic hydroxyl groups is 4. The first kappa shape index (κ1) is 49.7. The Bertz CT molecular complexity index is 1270. The standard InChI is InChI=1S/C36H61N3O15S/c1-20(15-31(46)53-13-9-7-5-4-6-8-10-29(42)43)14-26-34(49)33(48)23(18-54-26)16-27(32(47)21(2)22(3)40)55-19-25(35(50)38-17-30(44)45)39-28(41)12-11-24(37)36(51)52/h15,21-27,32-34,40,47-49H,4-14,16-19,37H2,1-3H3,(H,38,50)(H,39,41)(H,42,43)(H,44,45)(H,51,52)/b20-15+/t21-,22-,23-,24?,25?,26-,27?,32-,33+,34-/m0/s1. The van der Waals surface area contributed by atoms with Gasteiger partial charge in [-0.1, -0.05) is 38.2 Å². The molecule has 18 nitrogen and oxygen atoms in total. The van der Waals surface area contributed by atoms with E-state index >= 15 is 0 Å². The molecule has 0 saturated carbocycles. The molecule has 1 fully saturated rings. The van der Waals surface area contributed by atoms with Gasteiger partial charge in [0.15, 0.2) is 0 Å². The molecule has 0 aromatic heterocycles. The van der Waals surface area contributed by atoms with Gasteiger partial charge in [-0.05, 0) is 46.0 Å². The number of aliphatic hydroxyl groups excluding tert-OH is 4. The molecule has 3 unspecified atom stereocenters. The van der Waals surface area contributed by atoms with Crippen LogP contribution < -0.4 is 16.4 Å². The number of hydrogen-bond acceptors (Lipinski definition) is 14. The lowest BCUT2D eigenvalue weighted by Gasteiger charge is -2.40. The lowest BCUT2D eigenvalue weighted by molar-refractivity contribution is -0.165. The maximum Gasteiger partial charge on any atom is 0.330 e. The fourth-order valence-corrected chi connectivity index (χ4v) is 7.30. The molecule has 0 spiro atoms. The van der Waals surface area contributed by atoms with Crippen molar-refractivity contribution >= 4 is 47.5 Å². The average Bonchev–Trinajstić information content (AvgIpc) is 3.11. The lowest BCUT2D eigenvalue weighted by atomic mass is 9.84. The van der Waals surface area contributed by atoms with Crippen molar-refractivity contribution in [2.24, 2.45) is 17.6 Å². The maximum absolute atomic E-state index is 12.9. The molecule has 2 amide bonds. The number of amides is 2. The summed E-state index contributed by atoms with van der Waals surface area (Å²) in [4.78, 5) is 70.5. The Morgan fingerprint density at radius 3 is 2.16 bits per heavy atom. The maximum atomic E-state index is 12.9. The van der Waals surface area contributed by atoms with Crippen LogP contribution in [0.25, 0.3) is 0 Å². The predicted molar refractivity (Wildman–Crippen MR) is 200 cm³/mol. The van der Waals surface area contributed by atoms with Gasteiger partial charge in [-0.2, -0.15) is 11.8 Å². The molecular weight excluding hydrogens is 746 g/mol. The van der Waals surface area contributed by atoms with Crippen molar-refractivity contribution in [3.05, 3.63) is 11.6 Å². The number of nitrogens with two attached hydrogens (primary N) is 1. The smallest absolute Gasteiger partial charge is 0.330 e. The van der Waals surface area contributed by atoms with E-state index in [0.717, 1.165) is 37.4 Å². The second kappa shape index (κ2) is 26.5. The number of ether oxygens (including phenoxy) is 2. The predicted octanol–water partition coefficient (Wildman–Crippen LogP) is 0.166. The van der Waals surface area contributed by atoms with Crippen LogP contribution in [-0.2, 0) is 38.2 Å². The third kappa shape index (κ3) is 20.4. The van der Waals surface area contributed by atoms with Crippen LogP contribution in [0.15, 0.2) is 11.6 Å². The van der Waals surface area contributed by atoms with Gasteiger partial charge < -0.3 is 61.6 Å². The average molecular weight is 808 g/mol. The summed E-state index contributed by atoms with van der Waals surface area (Å²) in [5.41, 5.74) is 6.02. The molecule has 0 radical (unpaired) electrons. The molecule has 19 heteroatoms. The van der Waals surface area contributed by atoms with Crippen LogP contribution in [0.5, 0.6) is 0 Å². The first-order valence-corrected chi connectivity index (χ1v) is 19.7. The Kier molecular flexibility index (Phi) is 24.0. The number of thioether (sulfide) groups is 1. The van der Waals surface area contributed by atoms with Crippen LogP contribution in [0.3, 0.4) is 0 Å². The number of carboxylic acid groups (broad SMARTS) is 3. The first-order chi connectivity index (χ1) is 25.8. The summed E-state index contributed by atoms with van der Waals surface area (Å²) in [6, 6.07) is -2.64. The molecule has 316 valence electrons. The highest BCUT2D eigenvalue weighted by Gasteiger charge is 2.41. The van der Waals surface area contributed by atoms with Crippen molar-refractivity contribution in [2.45, 2.75) is 139 Å². The molecule has 10 atom stereocenters. The lowest BCUT2D eigenvalue weighted by Crippen LogP contribution is -2.52. The Hall–Kier alpha value is -3.33. The van der Waals surface area contributed by atoms with Gasteiger partial charge in [-0.25, -0.2) is 4.79 Å². The number of unbranched alkanes of at least 4 members (excludes halogenated alkanes) is 5. The zero-order valence-electron chi connectivity index (χ0n) is 31.8. The van der Waals surface area contributed by atoms with Crippen LogP contribution in [0, 0.1) is 11.8 Å². The van der Waals surface area contributed by atoms with Crippen molar-refractivity contribution in [1.82, 2.24) is 10.6 Å². The van der Waals surface area contributed by atoms with Gasteiger partial charge in [0.25, 0.3) is 0 Å². The minimum atomic E-state index is -1.38. The number of rotatable bonds is 28. The molecule has 0 bridgehead atoms. The van der Waals surface area contributed by atoms with Crippen LogP contribution in [0.4, 0.5) is 0 Å². The van der Waals surface area contributed by atoms with Crippen molar-refractivity contribution in [3.8, 4) is 0 Å². The minimum absolute atomic E-state index is 0.0300. The van der Waals surface area contributed by atoms with Crippen LogP contribution in [-0.4, -0.2) is 145 Å². The van der Waals surface area contributed by atoms with E-state index in [-0.39, 0.29) is 51.1 Å². The van der Waals surface area contributed by atoms with E-state index in [9.17, 15) is 49.2 Å². The number of carboxylic acids is 3. The Morgan fingerprint density at radius 1 is 0.927 bits per heavy atom. The van der Waals surface area contributed by atoms with Crippen molar-refractivity contribution in [3.63, 3.8) is 0 Å². The fraction of sp³-hybridized carbons (Fsp3) is 0.778. The summed E-state index contributed by atoms with van der Waals surface area (Å²) in [6.45, 7) is 4.17. The van der Waals surface area contributed by atoms with Crippen LogP contribution in [0.2, 0.25) is 0 Å². The highest BCUT2D eigenvalue weighted by molar-refractivity contribution is 8.00. The van der Waals surface area contributed by atoms with E-state index in [1.807, 2.05) is 0 Å². The highest BCUT2D eigenvalue weighted by Crippen LogP contribution is 2.34. The second-order valence-electron chi connectivity index (χ2n) is 14.2. The molecule has 1 saturated heterocycles. The number of nitrogens with one attached hydrogen (secondary N) is 2. The van der Waals surface area contributed by atoms with Gasteiger partial charge in [-0.15, -0.1) is 0 Å². The van der Waals surface area contributed by atoms with E-state index < -0.39 is 102 Å². The topological polar surface area (TPSA) is 313 Å². The van der Waals surface area contributed by atoms with E-state index in [1.165, 1.54) is 13.0 Å². The fourth-order valence-electron chi connectivity index (χ4n) is 5.80. The van der Waals surface area contributed by atoms with Crippen molar-refractivity contribution < 1.29 is 74.0 Å². The van der Waals surface area contributed by atoms with Gasteiger partial charge in [0.05, 0.1) is 37.6 Å². The number of aliphatic carboxylic acids is 3. The van der Waals surface area contributed by atoms with E-state index in [2.05, 4.69) is 10.6 Å². The molecule has 0 aromatic carbocycles. The summed E-state index contributed by atoms with van der Waals surface area (Å²) in [6.07, 6.45) is 0.0614. The summed E-state index contributed by atoms with van der Waals surface area (Å²) in [5.74, 6) is -7.19. The molecular formula is C36H61N3O15S. The Balaban J connectivity index is 2.87. The third-order valence-corrected chi connectivity index (χ3v) is 10.8. The van der Waals surface area contributed by atoms with Crippen LogP contribution in [0.1, 0.15) is 91.4 Å². The molecule has 1 heterocycles. The molecule has 0 aliphatic carbocycles. The quantitative estimate of drug-likeness (QED) is 0.0286. The number of hydrogen-bond donors (Lipinski definition) is 10. The van der Waals surface area contributed by atoms with Gasteiger partial charge in [-0.3, -0.25) is 24.0 Å². The number of esters is 1. The van der Waals surface area contributed by atoms with Gasteiger partial charge in [0, 0.05) is 41.8 Å². The Morgan fingerprint density at radius 2 is 1.56 bits per heavy atom. The van der Waals surface area contributed by atoms with E-state index in [4.69, 9.17) is 30.5 Å².